The van der Waals surface area contributed by atoms with Gasteiger partial charge in [-0.05, 0) is 6.92 Å². The van der Waals surface area contributed by atoms with Crippen LogP contribution in [0.2, 0.25) is 0 Å². The van der Waals surface area contributed by atoms with E-state index in [1.165, 1.54) is 0 Å². The van der Waals surface area contributed by atoms with Crippen molar-refractivity contribution in [1.82, 2.24) is 10.3 Å². The third-order valence-electron chi connectivity index (χ3n) is 1.44. The first-order chi connectivity index (χ1) is 6.50. The molecule has 76 valence electrons. The fourth-order valence-electron chi connectivity index (χ4n) is 0.876. The second-order valence-electron chi connectivity index (χ2n) is 2.62. The summed E-state index contributed by atoms with van der Waals surface area (Å²) in [6, 6.07) is 0. The summed E-state index contributed by atoms with van der Waals surface area (Å²) in [5, 5.41) is 2.68. The fraction of sp³-hybridized carbons (Fsp3) is 0.286. The number of aryl methyl sites for hydroxylation is 1. The number of thiazole rings is 1. The number of hydrogen-bond acceptors (Lipinski definition) is 5. The van der Waals surface area contributed by atoms with Crippen LogP contribution in [0.5, 0.6) is 0 Å². The van der Waals surface area contributed by atoms with Crippen LogP contribution in [-0.4, -0.2) is 23.3 Å². The largest absolute Gasteiger partial charge is 0.375 e. The molecule has 5 N–H and O–H groups in total. The molecule has 1 rings (SSSR count). The molecule has 1 aromatic heterocycles. The number of aromatic nitrogens is 1. The lowest BCUT2D eigenvalue weighted by atomic mass is 10.4. The maximum atomic E-state index is 11.4. The van der Waals surface area contributed by atoms with E-state index in [1.807, 2.05) is 0 Å². The highest BCUT2D eigenvalue weighted by Gasteiger charge is 2.13. The molecule has 0 saturated carbocycles. The van der Waals surface area contributed by atoms with Crippen molar-refractivity contribution in [2.75, 3.05) is 12.3 Å². The highest BCUT2D eigenvalue weighted by Crippen LogP contribution is 2.18. The van der Waals surface area contributed by atoms with Crippen molar-refractivity contribution in [1.29, 1.82) is 0 Å². The van der Waals surface area contributed by atoms with Crippen molar-refractivity contribution >= 4 is 28.3 Å². The molecule has 0 fully saturated rings. The van der Waals surface area contributed by atoms with Gasteiger partial charge in [0.15, 0.2) is 5.13 Å². The van der Waals surface area contributed by atoms with Gasteiger partial charge < -0.3 is 16.8 Å². The Kier molecular flexibility index (Phi) is 3.03. The Balaban J connectivity index is 2.69. The predicted octanol–water partition coefficient (Wildman–Crippen LogP) is -0.751. The zero-order valence-corrected chi connectivity index (χ0v) is 8.35. The van der Waals surface area contributed by atoms with E-state index in [9.17, 15) is 9.59 Å². The van der Waals surface area contributed by atoms with E-state index >= 15 is 0 Å². The molecule has 1 aromatic rings. The van der Waals surface area contributed by atoms with Crippen molar-refractivity contribution in [3.05, 3.63) is 10.6 Å². The zero-order valence-electron chi connectivity index (χ0n) is 7.53. The second-order valence-corrected chi connectivity index (χ2v) is 3.65. The van der Waals surface area contributed by atoms with Crippen LogP contribution in [0.1, 0.15) is 15.4 Å². The minimum atomic E-state index is -0.589. The van der Waals surface area contributed by atoms with Crippen LogP contribution in [0.3, 0.4) is 0 Å². The molecule has 7 heteroatoms. The Hall–Kier alpha value is -1.63. The molecule has 0 bridgehead atoms. The summed E-state index contributed by atoms with van der Waals surface area (Å²) in [6.07, 6.45) is 0. The van der Waals surface area contributed by atoms with Gasteiger partial charge >= 0.3 is 0 Å². The van der Waals surface area contributed by atoms with Gasteiger partial charge in [-0.2, -0.15) is 0 Å². The molecule has 0 aliphatic heterocycles. The van der Waals surface area contributed by atoms with Crippen LogP contribution in [0.25, 0.3) is 0 Å². The number of hydrogen-bond donors (Lipinski definition) is 3. The number of amides is 2. The summed E-state index contributed by atoms with van der Waals surface area (Å²) in [5.41, 5.74) is 10.8. The lowest BCUT2D eigenvalue weighted by molar-refractivity contribution is -0.117. The zero-order chi connectivity index (χ0) is 10.7. The van der Waals surface area contributed by atoms with Crippen LogP contribution in [0.15, 0.2) is 0 Å². The van der Waals surface area contributed by atoms with Gasteiger partial charge in [-0.15, -0.1) is 0 Å². The predicted molar refractivity (Wildman–Crippen MR) is 52.8 cm³/mol. The Bertz CT molecular complexity index is 374. The number of nitrogens with two attached hydrogens (primary N) is 2. The molecule has 0 atom stereocenters. The number of carbonyl (C=O) groups excluding carboxylic acids is 2. The molecule has 2 amide bonds. The van der Waals surface area contributed by atoms with Gasteiger partial charge in [-0.1, -0.05) is 11.3 Å². The third-order valence-corrected chi connectivity index (χ3v) is 2.43. The molecular formula is C7H10N4O2S. The smallest absolute Gasteiger partial charge is 0.263 e. The summed E-state index contributed by atoms with van der Waals surface area (Å²) in [7, 11) is 0. The molecule has 0 saturated heterocycles. The van der Waals surface area contributed by atoms with Gasteiger partial charge in [-0.25, -0.2) is 4.98 Å². The quantitative estimate of drug-likeness (QED) is 0.614. The normalized spacial score (nSPS) is 9.79. The van der Waals surface area contributed by atoms with Crippen LogP contribution in [-0.2, 0) is 4.79 Å². The first kappa shape index (κ1) is 10.5. The average molecular weight is 214 g/mol. The maximum Gasteiger partial charge on any atom is 0.263 e. The number of anilines is 1. The topological polar surface area (TPSA) is 111 Å². The molecule has 0 unspecified atom stereocenters. The van der Waals surface area contributed by atoms with Gasteiger partial charge in [0.2, 0.25) is 5.91 Å². The highest BCUT2D eigenvalue weighted by atomic mass is 32.1. The summed E-state index contributed by atoms with van der Waals surface area (Å²) in [6.45, 7) is 1.49. The molecule has 6 nitrogen and oxygen atoms in total. The van der Waals surface area contributed by atoms with Crippen molar-refractivity contribution in [2.45, 2.75) is 6.92 Å². The number of nitrogens with one attached hydrogen (secondary N) is 1. The third kappa shape index (κ3) is 2.43. The van der Waals surface area contributed by atoms with Gasteiger partial charge in [-0.3, -0.25) is 9.59 Å². The van der Waals surface area contributed by atoms with E-state index in [-0.39, 0.29) is 12.5 Å². The Morgan fingerprint density at radius 2 is 2.21 bits per heavy atom. The minimum absolute atomic E-state index is 0.184. The maximum absolute atomic E-state index is 11.4. The van der Waals surface area contributed by atoms with E-state index in [1.54, 1.807) is 6.92 Å². The monoisotopic (exact) mass is 214 g/mol. The standard InChI is InChI=1S/C7H10N4O2S/c1-3-5(14-7(9)11-3)6(13)10-2-4(8)12/h2H2,1H3,(H2,8,12)(H2,9,11)(H,10,13). The van der Waals surface area contributed by atoms with Crippen LogP contribution < -0.4 is 16.8 Å². The first-order valence-corrected chi connectivity index (χ1v) is 4.61. The minimum Gasteiger partial charge on any atom is -0.375 e. The summed E-state index contributed by atoms with van der Waals surface area (Å²) < 4.78 is 0. The number of nitrogens with zero attached hydrogens (tertiary/aromatic N) is 1. The Morgan fingerprint density at radius 1 is 1.57 bits per heavy atom. The van der Waals surface area contributed by atoms with Crippen molar-refractivity contribution < 1.29 is 9.59 Å². The number of rotatable bonds is 3. The second kappa shape index (κ2) is 4.05. The Morgan fingerprint density at radius 3 is 2.64 bits per heavy atom. The lowest BCUT2D eigenvalue weighted by Gasteiger charge is -1.99. The van der Waals surface area contributed by atoms with Gasteiger partial charge in [0.25, 0.3) is 5.91 Å². The number of nitrogen functional groups attached to an aromatic ring is 1. The van der Waals surface area contributed by atoms with Gasteiger partial charge in [0.1, 0.15) is 4.88 Å². The molecule has 0 spiro atoms. The SMILES string of the molecule is Cc1nc(N)sc1C(=O)NCC(N)=O. The van der Waals surface area contributed by atoms with Crippen LogP contribution in [0.4, 0.5) is 5.13 Å². The molecule has 0 aliphatic carbocycles. The molecule has 0 aliphatic rings. The van der Waals surface area contributed by atoms with Crippen molar-refractivity contribution in [2.24, 2.45) is 5.73 Å². The van der Waals surface area contributed by atoms with Crippen molar-refractivity contribution in [3.63, 3.8) is 0 Å². The van der Waals surface area contributed by atoms with E-state index in [2.05, 4.69) is 10.3 Å². The molecule has 0 aromatic carbocycles. The Labute approximate surface area is 84.3 Å². The highest BCUT2D eigenvalue weighted by molar-refractivity contribution is 7.17. The first-order valence-electron chi connectivity index (χ1n) is 3.80. The van der Waals surface area contributed by atoms with E-state index < -0.39 is 5.91 Å². The number of carbonyl (C=O) groups is 2. The van der Waals surface area contributed by atoms with Gasteiger partial charge in [0.05, 0.1) is 12.2 Å². The molecule has 0 radical (unpaired) electrons. The molecular weight excluding hydrogens is 204 g/mol. The summed E-state index contributed by atoms with van der Waals surface area (Å²) in [5.74, 6) is -0.969. The molecule has 1 heterocycles. The van der Waals surface area contributed by atoms with Gasteiger partial charge in [0, 0.05) is 0 Å². The fourth-order valence-corrected chi connectivity index (χ4v) is 1.63. The summed E-state index contributed by atoms with van der Waals surface area (Å²) in [4.78, 5) is 26.1. The van der Waals surface area contributed by atoms with Crippen LogP contribution in [0, 0.1) is 6.92 Å². The van der Waals surface area contributed by atoms with E-state index in [0.29, 0.717) is 15.7 Å². The lowest BCUT2D eigenvalue weighted by Crippen LogP contribution is -2.33. The average Bonchev–Trinajstić information content (AvgIpc) is 2.41. The van der Waals surface area contributed by atoms with Crippen molar-refractivity contribution in [3.8, 4) is 0 Å². The molecule has 14 heavy (non-hydrogen) atoms. The van der Waals surface area contributed by atoms with E-state index in [4.69, 9.17) is 11.5 Å². The van der Waals surface area contributed by atoms with Crippen LogP contribution >= 0.6 is 11.3 Å². The van der Waals surface area contributed by atoms with E-state index in [0.717, 1.165) is 11.3 Å². The number of primary amides is 1. The summed E-state index contributed by atoms with van der Waals surface area (Å²) >= 11 is 1.08.